The third-order valence-electron chi connectivity index (χ3n) is 1.32. The summed E-state index contributed by atoms with van der Waals surface area (Å²) in [6.07, 6.45) is 1.32. The molecule has 0 aliphatic rings. The van der Waals surface area contributed by atoms with Gasteiger partial charge < -0.3 is 0 Å². The van der Waals surface area contributed by atoms with Gasteiger partial charge in [-0.3, -0.25) is 0 Å². The molecule has 1 aromatic heterocycles. The molecular weight excluding hydrogens is 277 g/mol. The molecule has 0 aliphatic heterocycles. The summed E-state index contributed by atoms with van der Waals surface area (Å²) in [5.74, 6) is -0.666. The second kappa shape index (κ2) is 5.68. The number of hydrogen-bond donors (Lipinski definition) is 3. The molecule has 0 spiro atoms. The first-order valence-corrected chi connectivity index (χ1v) is 7.44. The average Bonchev–Trinajstić information content (AvgIpc) is 2.15. The standard InChI is InChI=1S/C6H8ClN2O5P2/c7-5-1-2-6(8-3-5)9-14-16(12,13)4-15(10)11/h1-3,12-13H,4H2,(H,8,9)/q+1. The van der Waals surface area contributed by atoms with E-state index in [2.05, 4.69) is 15.1 Å². The van der Waals surface area contributed by atoms with Crippen molar-refractivity contribution in [1.82, 2.24) is 4.98 Å². The van der Waals surface area contributed by atoms with E-state index in [0.717, 1.165) is 0 Å². The minimum Gasteiger partial charge on any atom is -0.236 e. The monoisotopic (exact) mass is 285 g/mol. The van der Waals surface area contributed by atoms with Gasteiger partial charge in [0.15, 0.2) is 5.82 Å². The highest BCUT2D eigenvalue weighted by Crippen LogP contribution is 2.54. The van der Waals surface area contributed by atoms with Crippen LogP contribution in [0.25, 0.3) is 0 Å². The number of rotatable bonds is 5. The van der Waals surface area contributed by atoms with Crippen molar-refractivity contribution in [3.63, 3.8) is 0 Å². The van der Waals surface area contributed by atoms with Gasteiger partial charge in [-0.25, -0.2) is 19.6 Å². The molecule has 0 aliphatic carbocycles. The van der Waals surface area contributed by atoms with Crippen LogP contribution in [0.3, 0.4) is 0 Å². The van der Waals surface area contributed by atoms with Crippen molar-refractivity contribution < 1.29 is 23.5 Å². The van der Waals surface area contributed by atoms with Crippen LogP contribution in [0.2, 0.25) is 5.02 Å². The molecule has 3 N–H and O–H groups in total. The summed E-state index contributed by atoms with van der Waals surface area (Å²) in [5, 5.41) is 0.405. The first-order chi connectivity index (χ1) is 7.39. The number of hydrogen-bond acceptors (Lipinski definition) is 7. The third-order valence-corrected chi connectivity index (χ3v) is 4.33. The SMILES string of the molecule is O=P(=O)C[P+](O)(O)ONc1ccc(Cl)cn1. The van der Waals surface area contributed by atoms with E-state index in [4.69, 9.17) is 21.4 Å². The summed E-state index contributed by atoms with van der Waals surface area (Å²) in [7, 11) is -6.89. The van der Waals surface area contributed by atoms with Gasteiger partial charge in [0.25, 0.3) is 5.90 Å². The average molecular weight is 286 g/mol. The fraction of sp³-hybridized carbons (Fsp3) is 0.167. The minimum atomic E-state index is -3.96. The molecule has 7 nitrogen and oxygen atoms in total. The summed E-state index contributed by atoms with van der Waals surface area (Å²) in [6, 6.07) is 2.93. The van der Waals surface area contributed by atoms with Crippen LogP contribution in [-0.4, -0.2) is 20.7 Å². The molecule has 1 rings (SSSR count). The number of pyridine rings is 1. The molecule has 1 heterocycles. The van der Waals surface area contributed by atoms with Crippen LogP contribution in [0.1, 0.15) is 0 Å². The number of anilines is 1. The predicted octanol–water partition coefficient (Wildman–Crippen LogP) is 1.96. The highest BCUT2D eigenvalue weighted by atomic mass is 35.5. The number of aromatic nitrogens is 1. The van der Waals surface area contributed by atoms with Gasteiger partial charge >= 0.3 is 15.6 Å². The van der Waals surface area contributed by atoms with Crippen molar-refractivity contribution in [3.05, 3.63) is 23.4 Å². The summed E-state index contributed by atoms with van der Waals surface area (Å²) in [5.41, 5.74) is 2.13. The van der Waals surface area contributed by atoms with Crippen LogP contribution in [0, 0.1) is 0 Å². The molecular formula is C6H8ClN2O5P2+. The van der Waals surface area contributed by atoms with Gasteiger partial charge in [0.2, 0.25) is 0 Å². The molecule has 0 saturated carbocycles. The Kier molecular flexibility index (Phi) is 4.80. The van der Waals surface area contributed by atoms with Gasteiger partial charge in [-0.2, -0.15) is 9.79 Å². The first-order valence-electron chi connectivity index (χ1n) is 3.90. The highest BCUT2D eigenvalue weighted by Gasteiger charge is 2.40. The van der Waals surface area contributed by atoms with E-state index < -0.39 is 21.5 Å². The second-order valence-electron chi connectivity index (χ2n) is 2.69. The summed E-state index contributed by atoms with van der Waals surface area (Å²) < 4.78 is 25.0. The largest absolute Gasteiger partial charge is 0.451 e. The van der Waals surface area contributed by atoms with Crippen LogP contribution in [0.15, 0.2) is 18.3 Å². The lowest BCUT2D eigenvalue weighted by Crippen LogP contribution is -2.06. The highest BCUT2D eigenvalue weighted by molar-refractivity contribution is 7.68. The van der Waals surface area contributed by atoms with E-state index in [1.54, 1.807) is 0 Å². The Labute approximate surface area is 96.8 Å². The van der Waals surface area contributed by atoms with Crippen molar-refractivity contribution in [2.45, 2.75) is 0 Å². The molecule has 16 heavy (non-hydrogen) atoms. The predicted molar refractivity (Wildman–Crippen MR) is 58.5 cm³/mol. The van der Waals surface area contributed by atoms with Gasteiger partial charge in [-0.1, -0.05) is 16.2 Å². The van der Waals surface area contributed by atoms with Crippen molar-refractivity contribution in [1.29, 1.82) is 0 Å². The number of halogens is 1. The van der Waals surface area contributed by atoms with Crippen molar-refractivity contribution >= 4 is 33.0 Å². The van der Waals surface area contributed by atoms with Gasteiger partial charge in [0.1, 0.15) is 0 Å². The Bertz CT molecular complexity index is 413. The normalized spacial score (nSPS) is 11.2. The zero-order chi connectivity index (χ0) is 12.2. The number of nitrogens with one attached hydrogen (secondary N) is 1. The molecule has 0 bridgehead atoms. The maximum Gasteiger partial charge on any atom is 0.451 e. The van der Waals surface area contributed by atoms with Crippen LogP contribution < -0.4 is 5.48 Å². The van der Waals surface area contributed by atoms with E-state index in [1.807, 2.05) is 0 Å². The summed E-state index contributed by atoms with van der Waals surface area (Å²) >= 11 is 5.57. The van der Waals surface area contributed by atoms with Crippen LogP contribution in [0.5, 0.6) is 0 Å². The fourth-order valence-electron chi connectivity index (χ4n) is 0.735. The molecule has 0 unspecified atom stereocenters. The molecule has 0 radical (unpaired) electrons. The van der Waals surface area contributed by atoms with Gasteiger partial charge in [-0.05, 0) is 12.1 Å². The quantitative estimate of drug-likeness (QED) is 0.560. The summed E-state index contributed by atoms with van der Waals surface area (Å²) in [4.78, 5) is 22.0. The lowest BCUT2D eigenvalue weighted by Gasteiger charge is -2.07. The minimum absolute atomic E-state index is 0.179. The zero-order valence-electron chi connectivity index (χ0n) is 7.78. The van der Waals surface area contributed by atoms with E-state index in [0.29, 0.717) is 5.02 Å². The maximum atomic E-state index is 10.3. The van der Waals surface area contributed by atoms with Gasteiger partial charge in [-0.15, -0.1) is 0 Å². The van der Waals surface area contributed by atoms with Gasteiger partial charge in [0, 0.05) is 6.20 Å². The maximum absolute atomic E-state index is 10.3. The first kappa shape index (κ1) is 13.5. The Morgan fingerprint density at radius 2 is 2.19 bits per heavy atom. The number of nitrogens with zero attached hydrogens (tertiary/aromatic N) is 1. The Hall–Kier alpha value is -0.550. The Morgan fingerprint density at radius 1 is 1.50 bits per heavy atom. The Balaban J connectivity index is 2.53. The molecule has 0 aromatic carbocycles. The molecule has 0 saturated heterocycles. The molecule has 0 fully saturated rings. The topological polar surface area (TPSA) is 109 Å². The molecule has 1 aromatic rings. The van der Waals surface area contributed by atoms with Crippen molar-refractivity contribution in [2.75, 3.05) is 11.4 Å². The molecule has 10 heteroatoms. The lowest BCUT2D eigenvalue weighted by molar-refractivity contribution is 0.278. The smallest absolute Gasteiger partial charge is 0.236 e. The van der Waals surface area contributed by atoms with Crippen molar-refractivity contribution in [3.8, 4) is 0 Å². The molecule has 0 atom stereocenters. The van der Waals surface area contributed by atoms with E-state index in [1.165, 1.54) is 18.3 Å². The Morgan fingerprint density at radius 3 is 2.69 bits per heavy atom. The molecule has 0 amide bonds. The third kappa shape index (κ3) is 4.99. The van der Waals surface area contributed by atoms with E-state index >= 15 is 0 Å². The zero-order valence-corrected chi connectivity index (χ0v) is 10.3. The van der Waals surface area contributed by atoms with E-state index in [-0.39, 0.29) is 5.82 Å². The van der Waals surface area contributed by atoms with Crippen molar-refractivity contribution in [2.24, 2.45) is 0 Å². The van der Waals surface area contributed by atoms with Crippen LogP contribution in [0.4, 0.5) is 5.82 Å². The lowest BCUT2D eigenvalue weighted by atomic mass is 10.5. The summed E-state index contributed by atoms with van der Waals surface area (Å²) in [6.45, 7) is 0. The molecule has 88 valence electrons. The van der Waals surface area contributed by atoms with Gasteiger partial charge in [0.05, 0.1) is 5.02 Å². The van der Waals surface area contributed by atoms with Crippen LogP contribution in [-0.2, 0) is 13.8 Å². The fourth-order valence-corrected chi connectivity index (χ4v) is 2.52. The van der Waals surface area contributed by atoms with E-state index in [9.17, 15) is 9.13 Å². The second-order valence-corrected chi connectivity index (χ2v) is 6.44. The van der Waals surface area contributed by atoms with Crippen LogP contribution >= 0.6 is 27.2 Å².